The zero-order valence-electron chi connectivity index (χ0n) is 10.8. The van der Waals surface area contributed by atoms with Gasteiger partial charge in [-0.05, 0) is 18.6 Å². The lowest BCUT2D eigenvalue weighted by atomic mass is 10.2. The van der Waals surface area contributed by atoms with Crippen molar-refractivity contribution in [1.82, 2.24) is 0 Å². The Morgan fingerprint density at radius 2 is 2.32 bits per heavy atom. The fourth-order valence-electron chi connectivity index (χ4n) is 1.96. The number of para-hydroxylation sites is 1. The third-order valence-corrected chi connectivity index (χ3v) is 4.84. The second kappa shape index (κ2) is 6.34. The Hall–Kier alpha value is -1.14. The van der Waals surface area contributed by atoms with Crippen LogP contribution < -0.4 is 10.6 Å². The molecule has 0 spiro atoms. The molecule has 0 aliphatic carbocycles. The molecule has 1 atom stereocenters. The summed E-state index contributed by atoms with van der Waals surface area (Å²) in [5.41, 5.74) is 6.27. The van der Waals surface area contributed by atoms with Gasteiger partial charge in [-0.2, -0.15) is 0 Å². The molecule has 1 aliphatic rings. The van der Waals surface area contributed by atoms with Gasteiger partial charge in [0.15, 0.2) is 5.17 Å². The van der Waals surface area contributed by atoms with E-state index >= 15 is 0 Å². The van der Waals surface area contributed by atoms with Crippen molar-refractivity contribution in [2.75, 3.05) is 17.2 Å². The van der Waals surface area contributed by atoms with Crippen molar-refractivity contribution in [3.63, 3.8) is 0 Å². The molecule has 0 aromatic heterocycles. The van der Waals surface area contributed by atoms with Gasteiger partial charge < -0.3 is 10.6 Å². The van der Waals surface area contributed by atoms with Crippen LogP contribution in [-0.4, -0.2) is 28.6 Å². The summed E-state index contributed by atoms with van der Waals surface area (Å²) in [6, 6.07) is 7.99. The van der Waals surface area contributed by atoms with Gasteiger partial charge in [-0.1, -0.05) is 30.8 Å². The highest BCUT2D eigenvalue weighted by molar-refractivity contribution is 8.14. The molecular formula is C13H17N3OS2. The van der Waals surface area contributed by atoms with Gasteiger partial charge >= 0.3 is 0 Å². The molecule has 3 N–H and O–H groups in total. The lowest BCUT2D eigenvalue weighted by Gasteiger charge is -2.22. The van der Waals surface area contributed by atoms with Gasteiger partial charge in [0.1, 0.15) is 0 Å². The molecule has 1 amide bonds. The first-order valence-corrected chi connectivity index (χ1v) is 7.97. The number of amides is 1. The van der Waals surface area contributed by atoms with Crippen LogP contribution in [0.15, 0.2) is 29.2 Å². The molecule has 102 valence electrons. The van der Waals surface area contributed by atoms with Crippen LogP contribution in [0.1, 0.15) is 13.3 Å². The number of carbonyl (C=O) groups is 1. The summed E-state index contributed by atoms with van der Waals surface area (Å²) < 4.78 is 0. The standard InChI is InChI=1S/C13H17N3OS2/c1-9-6-7-16(12(17)8-18-13(14)15)10-4-2-3-5-11(10)19-9/h2-5,9H,6-8H2,1H3,(H3,14,15). The van der Waals surface area contributed by atoms with E-state index in [1.54, 1.807) is 0 Å². The van der Waals surface area contributed by atoms with Crippen molar-refractivity contribution in [2.45, 2.75) is 23.5 Å². The largest absolute Gasteiger partial charge is 0.379 e. The number of benzene rings is 1. The van der Waals surface area contributed by atoms with Crippen molar-refractivity contribution >= 4 is 40.3 Å². The predicted octanol–water partition coefficient (Wildman–Crippen LogP) is 2.53. The minimum Gasteiger partial charge on any atom is -0.379 e. The van der Waals surface area contributed by atoms with Crippen LogP contribution in [0.3, 0.4) is 0 Å². The van der Waals surface area contributed by atoms with Gasteiger partial charge in [-0.15, -0.1) is 11.8 Å². The monoisotopic (exact) mass is 295 g/mol. The summed E-state index contributed by atoms with van der Waals surface area (Å²) in [7, 11) is 0. The Morgan fingerprint density at radius 3 is 3.05 bits per heavy atom. The van der Waals surface area contributed by atoms with Crippen molar-refractivity contribution in [1.29, 1.82) is 5.41 Å². The molecule has 19 heavy (non-hydrogen) atoms. The Balaban J connectivity index is 2.20. The Morgan fingerprint density at radius 1 is 1.58 bits per heavy atom. The topological polar surface area (TPSA) is 70.2 Å². The molecule has 0 fully saturated rings. The summed E-state index contributed by atoms with van der Waals surface area (Å²) in [6.07, 6.45) is 0.968. The fraction of sp³-hybridized carbons (Fsp3) is 0.385. The molecule has 4 nitrogen and oxygen atoms in total. The van der Waals surface area contributed by atoms with Crippen LogP contribution in [-0.2, 0) is 4.79 Å². The third-order valence-electron chi connectivity index (χ3n) is 2.90. The van der Waals surface area contributed by atoms with E-state index in [4.69, 9.17) is 11.1 Å². The second-order valence-electron chi connectivity index (χ2n) is 4.38. The van der Waals surface area contributed by atoms with Crippen LogP contribution in [0.5, 0.6) is 0 Å². The maximum Gasteiger partial charge on any atom is 0.237 e. The van der Waals surface area contributed by atoms with Crippen molar-refractivity contribution < 1.29 is 4.79 Å². The number of hydrogen-bond donors (Lipinski definition) is 2. The SMILES string of the molecule is CC1CCN(C(=O)CSC(=N)N)c2ccccc2S1. The molecule has 0 bridgehead atoms. The first-order valence-electron chi connectivity index (χ1n) is 6.11. The summed E-state index contributed by atoms with van der Waals surface area (Å²) >= 11 is 2.89. The first kappa shape index (κ1) is 14.3. The second-order valence-corrected chi connectivity index (χ2v) is 6.88. The van der Waals surface area contributed by atoms with E-state index < -0.39 is 0 Å². The van der Waals surface area contributed by atoms with Gasteiger partial charge in [0, 0.05) is 16.7 Å². The zero-order chi connectivity index (χ0) is 13.8. The molecule has 0 saturated heterocycles. The first-order chi connectivity index (χ1) is 9.08. The highest BCUT2D eigenvalue weighted by Crippen LogP contribution is 2.37. The van der Waals surface area contributed by atoms with E-state index in [0.29, 0.717) is 5.25 Å². The number of nitrogens with one attached hydrogen (secondary N) is 1. The molecule has 6 heteroatoms. The van der Waals surface area contributed by atoms with E-state index in [1.807, 2.05) is 34.9 Å². The molecule has 1 unspecified atom stereocenters. The normalized spacial score (nSPS) is 18.6. The number of hydrogen-bond acceptors (Lipinski definition) is 4. The molecule has 1 heterocycles. The van der Waals surface area contributed by atoms with Gasteiger partial charge in [-0.25, -0.2) is 0 Å². The van der Waals surface area contributed by atoms with Crippen LogP contribution in [0.2, 0.25) is 0 Å². The van der Waals surface area contributed by atoms with Gasteiger partial charge in [0.05, 0.1) is 11.4 Å². The number of carbonyl (C=O) groups excluding carboxylic acids is 1. The van der Waals surface area contributed by atoms with Crippen LogP contribution >= 0.6 is 23.5 Å². The highest BCUT2D eigenvalue weighted by atomic mass is 32.2. The lowest BCUT2D eigenvalue weighted by Crippen LogP contribution is -2.34. The summed E-state index contributed by atoms with van der Waals surface area (Å²) in [5.74, 6) is 0.241. The maximum absolute atomic E-state index is 12.3. The molecule has 2 rings (SSSR count). The number of amidine groups is 1. The van der Waals surface area contributed by atoms with E-state index in [-0.39, 0.29) is 16.8 Å². The summed E-state index contributed by atoms with van der Waals surface area (Å²) in [4.78, 5) is 15.2. The molecular weight excluding hydrogens is 278 g/mol. The number of rotatable bonds is 2. The van der Waals surface area contributed by atoms with Crippen molar-refractivity contribution in [3.05, 3.63) is 24.3 Å². The number of nitrogens with zero attached hydrogens (tertiary/aromatic N) is 1. The molecule has 1 aliphatic heterocycles. The number of nitrogens with two attached hydrogens (primary N) is 1. The zero-order valence-corrected chi connectivity index (χ0v) is 12.4. The lowest BCUT2D eigenvalue weighted by molar-refractivity contribution is -0.116. The van der Waals surface area contributed by atoms with Crippen molar-refractivity contribution in [2.24, 2.45) is 5.73 Å². The Bertz CT molecular complexity index is 493. The molecule has 0 saturated carbocycles. The summed E-state index contributed by atoms with van der Waals surface area (Å²) in [6.45, 7) is 2.90. The van der Waals surface area contributed by atoms with Gasteiger partial charge in [-0.3, -0.25) is 10.2 Å². The minimum absolute atomic E-state index is 0.0146. The van der Waals surface area contributed by atoms with E-state index in [1.165, 1.54) is 0 Å². The number of fused-ring (bicyclic) bond motifs is 1. The number of anilines is 1. The minimum atomic E-state index is -0.0146. The predicted molar refractivity (Wildman–Crippen MR) is 83.1 cm³/mol. The van der Waals surface area contributed by atoms with Crippen LogP contribution in [0, 0.1) is 5.41 Å². The maximum atomic E-state index is 12.3. The fourth-order valence-corrected chi connectivity index (χ4v) is 3.51. The molecule has 1 aromatic carbocycles. The highest BCUT2D eigenvalue weighted by Gasteiger charge is 2.23. The van der Waals surface area contributed by atoms with E-state index in [9.17, 15) is 4.79 Å². The van der Waals surface area contributed by atoms with Gasteiger partial charge in [0.25, 0.3) is 0 Å². The number of thioether (sulfide) groups is 2. The van der Waals surface area contributed by atoms with Crippen molar-refractivity contribution in [3.8, 4) is 0 Å². The average Bonchev–Trinajstić information content (AvgIpc) is 2.54. The Labute approximate surface area is 121 Å². The smallest absolute Gasteiger partial charge is 0.237 e. The van der Waals surface area contributed by atoms with E-state index in [0.717, 1.165) is 35.3 Å². The third kappa shape index (κ3) is 3.67. The molecule has 0 radical (unpaired) electrons. The quantitative estimate of drug-likeness (QED) is 0.650. The molecule has 1 aromatic rings. The average molecular weight is 295 g/mol. The summed E-state index contributed by atoms with van der Waals surface area (Å²) in [5, 5.41) is 7.67. The van der Waals surface area contributed by atoms with Crippen LogP contribution in [0.4, 0.5) is 5.69 Å². The van der Waals surface area contributed by atoms with Crippen LogP contribution in [0.25, 0.3) is 0 Å². The Kier molecular flexibility index (Phi) is 4.76. The van der Waals surface area contributed by atoms with E-state index in [2.05, 4.69) is 13.0 Å². The van der Waals surface area contributed by atoms with Gasteiger partial charge in [0.2, 0.25) is 5.91 Å².